The zero-order valence-corrected chi connectivity index (χ0v) is 9.16. The van der Waals surface area contributed by atoms with E-state index in [1.54, 1.807) is 6.20 Å². The summed E-state index contributed by atoms with van der Waals surface area (Å²) in [6.07, 6.45) is 6.70. The van der Waals surface area contributed by atoms with Crippen LogP contribution in [0, 0.1) is 6.33 Å². The summed E-state index contributed by atoms with van der Waals surface area (Å²) >= 11 is 0. The van der Waals surface area contributed by atoms with E-state index >= 15 is 0 Å². The molecular weight excluding hydrogens is 202 g/mol. The van der Waals surface area contributed by atoms with E-state index in [0.717, 1.165) is 38.3 Å². The first kappa shape index (κ1) is 10.1. The summed E-state index contributed by atoms with van der Waals surface area (Å²) in [5.74, 6) is 0. The van der Waals surface area contributed by atoms with Gasteiger partial charge in [-0.3, -0.25) is 10.6 Å². The molecule has 3 heterocycles. The Bertz CT molecular complexity index is 347. The van der Waals surface area contributed by atoms with Gasteiger partial charge in [-0.1, -0.05) is 0 Å². The molecule has 1 unspecified atom stereocenters. The predicted molar refractivity (Wildman–Crippen MR) is 59.6 cm³/mol. The van der Waals surface area contributed by atoms with Gasteiger partial charge >= 0.3 is 0 Å². The van der Waals surface area contributed by atoms with Crippen molar-refractivity contribution < 1.29 is 0 Å². The van der Waals surface area contributed by atoms with Crippen molar-refractivity contribution >= 4 is 0 Å². The van der Waals surface area contributed by atoms with Crippen molar-refractivity contribution in [2.24, 2.45) is 0 Å². The van der Waals surface area contributed by atoms with Gasteiger partial charge in [-0.15, -0.1) is 0 Å². The summed E-state index contributed by atoms with van der Waals surface area (Å²) in [6, 6.07) is 2.26. The highest BCUT2D eigenvalue weighted by atomic mass is 15.2. The van der Waals surface area contributed by atoms with Gasteiger partial charge in [-0.25, -0.2) is 9.97 Å². The van der Waals surface area contributed by atoms with E-state index in [9.17, 15) is 0 Å². The number of hydrogen-bond acceptors (Lipinski definition) is 5. The van der Waals surface area contributed by atoms with E-state index < -0.39 is 0 Å². The Hall–Kier alpha value is -1.04. The lowest BCUT2D eigenvalue weighted by Crippen LogP contribution is -2.52. The average Bonchev–Trinajstić information content (AvgIpc) is 2.75. The van der Waals surface area contributed by atoms with Crippen molar-refractivity contribution in [2.75, 3.05) is 19.8 Å². The van der Waals surface area contributed by atoms with Gasteiger partial charge in [-0.05, 0) is 32.0 Å². The second-order valence-corrected chi connectivity index (χ2v) is 4.48. The number of hydrogen-bond donors (Lipinski definition) is 3. The van der Waals surface area contributed by atoms with E-state index in [0.29, 0.717) is 0 Å². The smallest absolute Gasteiger partial charge is 0.197 e. The van der Waals surface area contributed by atoms with Crippen LogP contribution >= 0.6 is 0 Å². The van der Waals surface area contributed by atoms with Gasteiger partial charge in [0.15, 0.2) is 6.33 Å². The van der Waals surface area contributed by atoms with Crippen LogP contribution in [0.3, 0.4) is 0 Å². The number of nitrogens with zero attached hydrogens (tertiary/aromatic N) is 2. The third-order valence-electron chi connectivity index (χ3n) is 3.65. The normalized spacial score (nSPS) is 28.4. The minimum absolute atomic E-state index is 0.160. The molecule has 2 aliphatic rings. The van der Waals surface area contributed by atoms with Gasteiger partial charge in [0.2, 0.25) is 0 Å². The van der Waals surface area contributed by atoms with Gasteiger partial charge < -0.3 is 5.32 Å². The summed E-state index contributed by atoms with van der Waals surface area (Å²) in [5.41, 5.74) is 1.20. The molecule has 3 N–H and O–H groups in total. The fraction of sp³-hybridized carbons (Fsp3) is 0.636. The van der Waals surface area contributed by atoms with Crippen LogP contribution in [0.5, 0.6) is 0 Å². The molecule has 0 saturated carbocycles. The Kier molecular flexibility index (Phi) is 2.59. The second kappa shape index (κ2) is 4.08. The molecule has 1 spiro atoms. The third-order valence-corrected chi connectivity index (χ3v) is 3.65. The summed E-state index contributed by atoms with van der Waals surface area (Å²) < 4.78 is 0. The molecule has 0 aromatic carbocycles. The highest BCUT2D eigenvalue weighted by molar-refractivity contribution is 5.17. The van der Waals surface area contributed by atoms with Crippen LogP contribution < -0.4 is 16.0 Å². The Balaban J connectivity index is 1.89. The summed E-state index contributed by atoms with van der Waals surface area (Å²) in [5, 5.41) is 10.5. The molecule has 0 amide bonds. The Labute approximate surface area is 95.1 Å². The molecule has 1 radical (unpaired) electrons. The first-order valence-corrected chi connectivity index (χ1v) is 5.79. The summed E-state index contributed by atoms with van der Waals surface area (Å²) in [6.45, 7) is 2.99. The molecule has 16 heavy (non-hydrogen) atoms. The van der Waals surface area contributed by atoms with E-state index in [1.165, 1.54) is 0 Å². The second-order valence-electron chi connectivity index (χ2n) is 4.48. The van der Waals surface area contributed by atoms with E-state index in [2.05, 4.69) is 32.2 Å². The molecule has 0 bridgehead atoms. The Morgan fingerprint density at radius 3 is 3.00 bits per heavy atom. The molecule has 5 heteroatoms. The molecular formula is C11H16N5. The zero-order chi connectivity index (χ0) is 10.8. The SMILES string of the molecule is [c]1nccc(C2NCNC23CCNCC3)n1. The molecule has 2 aliphatic heterocycles. The first-order chi connectivity index (χ1) is 7.91. The maximum absolute atomic E-state index is 4.25. The highest BCUT2D eigenvalue weighted by Gasteiger charge is 2.44. The predicted octanol–water partition coefficient (Wildman–Crippen LogP) is -0.410. The van der Waals surface area contributed by atoms with E-state index in [-0.39, 0.29) is 11.6 Å². The summed E-state index contributed by atoms with van der Waals surface area (Å²) in [7, 11) is 0. The largest absolute Gasteiger partial charge is 0.317 e. The van der Waals surface area contributed by atoms with Crippen LogP contribution in [0.2, 0.25) is 0 Å². The van der Waals surface area contributed by atoms with Crippen LogP contribution in [-0.4, -0.2) is 35.3 Å². The molecule has 2 fully saturated rings. The maximum Gasteiger partial charge on any atom is 0.197 e. The minimum Gasteiger partial charge on any atom is -0.317 e. The Morgan fingerprint density at radius 1 is 1.38 bits per heavy atom. The van der Waals surface area contributed by atoms with Crippen LogP contribution in [0.4, 0.5) is 0 Å². The minimum atomic E-state index is 0.160. The Morgan fingerprint density at radius 2 is 2.25 bits per heavy atom. The standard InChI is InChI=1S/C11H16N5/c1-4-13-7-14-9(1)10-11(16-8-15-10)2-5-12-6-3-11/h1,4,10,12,15-16H,2-3,5-6,8H2. The molecule has 1 aromatic rings. The molecule has 1 aromatic heterocycles. The topological polar surface area (TPSA) is 61.9 Å². The average molecular weight is 218 g/mol. The van der Waals surface area contributed by atoms with Gasteiger partial charge in [0.05, 0.1) is 11.7 Å². The van der Waals surface area contributed by atoms with Crippen molar-refractivity contribution in [2.45, 2.75) is 24.4 Å². The number of aromatic nitrogens is 2. The molecule has 85 valence electrons. The van der Waals surface area contributed by atoms with Crippen molar-refractivity contribution in [1.29, 1.82) is 0 Å². The quantitative estimate of drug-likeness (QED) is 0.598. The van der Waals surface area contributed by atoms with Crippen LogP contribution in [-0.2, 0) is 0 Å². The van der Waals surface area contributed by atoms with Gasteiger partial charge in [-0.2, -0.15) is 0 Å². The lowest BCUT2D eigenvalue weighted by atomic mass is 9.81. The fourth-order valence-corrected chi connectivity index (χ4v) is 2.78. The zero-order valence-electron chi connectivity index (χ0n) is 9.16. The van der Waals surface area contributed by atoms with Crippen molar-refractivity contribution in [3.8, 4) is 0 Å². The van der Waals surface area contributed by atoms with Crippen molar-refractivity contribution in [3.63, 3.8) is 0 Å². The molecule has 5 nitrogen and oxygen atoms in total. The van der Waals surface area contributed by atoms with Crippen molar-refractivity contribution in [3.05, 3.63) is 24.3 Å². The van der Waals surface area contributed by atoms with Crippen LogP contribution in [0.25, 0.3) is 0 Å². The fourth-order valence-electron chi connectivity index (χ4n) is 2.78. The van der Waals surface area contributed by atoms with Crippen LogP contribution in [0.1, 0.15) is 24.6 Å². The van der Waals surface area contributed by atoms with Crippen molar-refractivity contribution in [1.82, 2.24) is 25.9 Å². The maximum atomic E-state index is 4.25. The van der Waals surface area contributed by atoms with Gasteiger partial charge in [0, 0.05) is 18.4 Å². The third kappa shape index (κ3) is 1.61. The molecule has 0 aliphatic carbocycles. The van der Waals surface area contributed by atoms with Gasteiger partial charge in [0.1, 0.15) is 0 Å². The van der Waals surface area contributed by atoms with E-state index in [4.69, 9.17) is 0 Å². The molecule has 2 saturated heterocycles. The summed E-state index contributed by atoms with van der Waals surface area (Å²) in [4.78, 5) is 8.10. The monoisotopic (exact) mass is 218 g/mol. The lowest BCUT2D eigenvalue weighted by molar-refractivity contribution is 0.242. The van der Waals surface area contributed by atoms with Gasteiger partial charge in [0.25, 0.3) is 0 Å². The van der Waals surface area contributed by atoms with Crippen LogP contribution in [0.15, 0.2) is 12.3 Å². The number of rotatable bonds is 1. The molecule has 3 rings (SSSR count). The highest BCUT2D eigenvalue weighted by Crippen LogP contribution is 2.34. The van der Waals surface area contributed by atoms with E-state index in [1.807, 2.05) is 6.07 Å². The number of nitrogens with one attached hydrogen (secondary N) is 3. The number of piperidine rings is 1. The molecule has 1 atom stereocenters. The first-order valence-electron chi connectivity index (χ1n) is 5.79. The lowest BCUT2D eigenvalue weighted by Gasteiger charge is -2.38.